The van der Waals surface area contributed by atoms with Crippen LogP contribution in [0.1, 0.15) is 25.7 Å². The summed E-state index contributed by atoms with van der Waals surface area (Å²) in [6.45, 7) is 0. The second kappa shape index (κ2) is 1.97. The highest BCUT2D eigenvalue weighted by Gasteiger charge is 2.43. The molecule has 2 aliphatic rings. The number of hydrogen-bond acceptors (Lipinski definition) is 1. The Kier molecular flexibility index (Phi) is 1.22. The zero-order chi connectivity index (χ0) is 7.14. The average molecular weight is 139 g/mol. The van der Waals surface area contributed by atoms with Gasteiger partial charge in [0.25, 0.3) is 0 Å². The van der Waals surface area contributed by atoms with E-state index in [9.17, 15) is 4.79 Å². The van der Waals surface area contributed by atoms with Crippen LogP contribution in [-0.2, 0) is 4.79 Å². The van der Waals surface area contributed by atoms with Crippen molar-refractivity contribution in [3.8, 4) is 0 Å². The van der Waals surface area contributed by atoms with E-state index in [2.05, 4.69) is 0 Å². The van der Waals surface area contributed by atoms with E-state index < -0.39 is 5.97 Å². The van der Waals surface area contributed by atoms with E-state index in [-0.39, 0.29) is 5.92 Å². The molecule has 0 aromatic heterocycles. The standard InChI is InChI=1S/C8H11O2/c9-8(10)7-4-5-1-2-6(7)3-5/h5,7H,1-4H2,(H,9,10). The Balaban J connectivity index is 2.08. The van der Waals surface area contributed by atoms with Gasteiger partial charge in [0.1, 0.15) is 0 Å². The predicted molar refractivity (Wildman–Crippen MR) is 36.3 cm³/mol. The van der Waals surface area contributed by atoms with E-state index in [0.717, 1.165) is 25.2 Å². The van der Waals surface area contributed by atoms with E-state index >= 15 is 0 Å². The summed E-state index contributed by atoms with van der Waals surface area (Å²) in [6, 6.07) is 0. The fourth-order valence-corrected chi connectivity index (χ4v) is 2.26. The SMILES string of the molecule is O=C(O)C1CC2CC[C]1C2. The fourth-order valence-electron chi connectivity index (χ4n) is 2.26. The van der Waals surface area contributed by atoms with Gasteiger partial charge in [-0.05, 0) is 37.5 Å². The Morgan fingerprint density at radius 2 is 2.40 bits per heavy atom. The van der Waals surface area contributed by atoms with Crippen LogP contribution < -0.4 is 0 Å². The van der Waals surface area contributed by atoms with Crippen LogP contribution in [0.5, 0.6) is 0 Å². The summed E-state index contributed by atoms with van der Waals surface area (Å²) in [5.41, 5.74) is 0. The minimum Gasteiger partial charge on any atom is -0.481 e. The van der Waals surface area contributed by atoms with Gasteiger partial charge in [0.05, 0.1) is 5.92 Å². The Morgan fingerprint density at radius 3 is 2.70 bits per heavy atom. The van der Waals surface area contributed by atoms with Crippen LogP contribution in [0.4, 0.5) is 0 Å². The largest absolute Gasteiger partial charge is 0.481 e. The molecule has 2 nitrogen and oxygen atoms in total. The van der Waals surface area contributed by atoms with Gasteiger partial charge in [-0.15, -0.1) is 0 Å². The molecule has 0 spiro atoms. The van der Waals surface area contributed by atoms with Crippen molar-refractivity contribution < 1.29 is 9.90 Å². The monoisotopic (exact) mass is 139 g/mol. The lowest BCUT2D eigenvalue weighted by atomic mass is 9.89. The third kappa shape index (κ3) is 0.746. The van der Waals surface area contributed by atoms with Crippen molar-refractivity contribution in [2.75, 3.05) is 0 Å². The first-order valence-electron chi connectivity index (χ1n) is 3.85. The van der Waals surface area contributed by atoms with Crippen molar-refractivity contribution in [1.29, 1.82) is 0 Å². The normalized spacial score (nSPS) is 38.8. The highest BCUT2D eigenvalue weighted by molar-refractivity contribution is 5.73. The van der Waals surface area contributed by atoms with Gasteiger partial charge in [-0.25, -0.2) is 0 Å². The number of fused-ring (bicyclic) bond motifs is 2. The molecule has 2 fully saturated rings. The lowest BCUT2D eigenvalue weighted by molar-refractivity contribution is -0.141. The van der Waals surface area contributed by atoms with Gasteiger partial charge in [0.15, 0.2) is 0 Å². The minimum absolute atomic E-state index is 0.0706. The first-order chi connectivity index (χ1) is 4.77. The van der Waals surface area contributed by atoms with Gasteiger partial charge in [0, 0.05) is 0 Å². The number of rotatable bonds is 1. The highest BCUT2D eigenvalue weighted by Crippen LogP contribution is 2.49. The molecule has 2 atom stereocenters. The number of hydrogen-bond donors (Lipinski definition) is 1. The Morgan fingerprint density at radius 1 is 1.60 bits per heavy atom. The van der Waals surface area contributed by atoms with Gasteiger partial charge in [0.2, 0.25) is 0 Å². The second-order valence-electron chi connectivity index (χ2n) is 3.39. The van der Waals surface area contributed by atoms with Gasteiger partial charge in [-0.1, -0.05) is 0 Å². The minimum atomic E-state index is -0.600. The summed E-state index contributed by atoms with van der Waals surface area (Å²) in [7, 11) is 0. The molecule has 0 aromatic rings. The second-order valence-corrected chi connectivity index (χ2v) is 3.39. The molecule has 0 aromatic carbocycles. The quantitative estimate of drug-likeness (QED) is 0.597. The van der Waals surface area contributed by atoms with E-state index in [1.807, 2.05) is 0 Å². The Bertz CT molecular complexity index is 165. The molecule has 2 aliphatic carbocycles. The zero-order valence-corrected chi connectivity index (χ0v) is 5.84. The maximum Gasteiger partial charge on any atom is 0.307 e. The lowest BCUT2D eigenvalue weighted by Crippen LogP contribution is -2.18. The number of carboxylic acid groups (broad SMARTS) is 1. The fraction of sp³-hybridized carbons (Fsp3) is 0.750. The van der Waals surface area contributed by atoms with Crippen molar-refractivity contribution in [1.82, 2.24) is 0 Å². The van der Waals surface area contributed by atoms with E-state index in [4.69, 9.17) is 5.11 Å². The van der Waals surface area contributed by atoms with E-state index in [0.29, 0.717) is 0 Å². The molecule has 2 bridgehead atoms. The summed E-state index contributed by atoms with van der Waals surface area (Å²) in [5, 5.41) is 8.71. The van der Waals surface area contributed by atoms with Crippen LogP contribution in [0.15, 0.2) is 0 Å². The summed E-state index contributed by atoms with van der Waals surface area (Å²) in [5.74, 6) is 1.35. The zero-order valence-electron chi connectivity index (χ0n) is 5.84. The van der Waals surface area contributed by atoms with E-state index in [1.54, 1.807) is 0 Å². The molecule has 10 heavy (non-hydrogen) atoms. The first-order valence-corrected chi connectivity index (χ1v) is 3.85. The third-order valence-electron chi connectivity index (χ3n) is 2.78. The predicted octanol–water partition coefficient (Wildman–Crippen LogP) is 1.47. The molecule has 2 unspecified atom stereocenters. The van der Waals surface area contributed by atoms with Gasteiger partial charge in [-0.3, -0.25) is 4.79 Å². The molecule has 2 rings (SSSR count). The van der Waals surface area contributed by atoms with Crippen LogP contribution >= 0.6 is 0 Å². The molecule has 0 amide bonds. The lowest BCUT2D eigenvalue weighted by Gasteiger charge is -2.15. The molecule has 0 aliphatic heterocycles. The van der Waals surface area contributed by atoms with Crippen LogP contribution in [0.25, 0.3) is 0 Å². The highest BCUT2D eigenvalue weighted by atomic mass is 16.4. The summed E-state index contributed by atoms with van der Waals surface area (Å²) < 4.78 is 0. The average Bonchev–Trinajstić information content (AvgIpc) is 2.44. The topological polar surface area (TPSA) is 37.3 Å². The van der Waals surface area contributed by atoms with Crippen molar-refractivity contribution in [2.24, 2.45) is 11.8 Å². The van der Waals surface area contributed by atoms with Gasteiger partial charge in [-0.2, -0.15) is 0 Å². The van der Waals surface area contributed by atoms with Crippen LogP contribution in [-0.4, -0.2) is 11.1 Å². The molecule has 1 N–H and O–H groups in total. The van der Waals surface area contributed by atoms with Crippen molar-refractivity contribution in [3.05, 3.63) is 5.92 Å². The molecule has 1 radical (unpaired) electrons. The van der Waals surface area contributed by atoms with Crippen LogP contribution in [0.2, 0.25) is 0 Å². The van der Waals surface area contributed by atoms with Crippen molar-refractivity contribution in [2.45, 2.75) is 25.7 Å². The molecule has 0 saturated heterocycles. The molecule has 2 saturated carbocycles. The van der Waals surface area contributed by atoms with Crippen LogP contribution in [0.3, 0.4) is 0 Å². The number of carboxylic acids is 1. The Labute approximate surface area is 60.2 Å². The van der Waals surface area contributed by atoms with Gasteiger partial charge < -0.3 is 5.11 Å². The smallest absolute Gasteiger partial charge is 0.307 e. The van der Waals surface area contributed by atoms with E-state index in [1.165, 1.54) is 12.3 Å². The van der Waals surface area contributed by atoms with Crippen LogP contribution in [0, 0.1) is 17.8 Å². The molecule has 55 valence electrons. The summed E-state index contributed by atoms with van der Waals surface area (Å²) in [4.78, 5) is 10.6. The number of aliphatic carboxylic acids is 1. The Hall–Kier alpha value is -0.530. The third-order valence-corrected chi connectivity index (χ3v) is 2.78. The van der Waals surface area contributed by atoms with Crippen molar-refractivity contribution in [3.63, 3.8) is 0 Å². The molecular formula is C8H11O2. The maximum absolute atomic E-state index is 10.6. The summed E-state index contributed by atoms with van der Waals surface area (Å²) in [6.07, 6.45) is 4.36. The van der Waals surface area contributed by atoms with Crippen molar-refractivity contribution >= 4 is 5.97 Å². The van der Waals surface area contributed by atoms with Gasteiger partial charge >= 0.3 is 5.97 Å². The maximum atomic E-state index is 10.6. The molecule has 0 heterocycles. The summed E-state index contributed by atoms with van der Waals surface area (Å²) >= 11 is 0. The molecular weight excluding hydrogens is 128 g/mol. The first kappa shape index (κ1) is 6.20. The molecule has 2 heteroatoms. The number of carbonyl (C=O) groups is 1.